The lowest BCUT2D eigenvalue weighted by molar-refractivity contribution is -0.389. The van der Waals surface area contributed by atoms with Gasteiger partial charge in [0.1, 0.15) is 0 Å². The normalized spacial score (nSPS) is 8.57. The van der Waals surface area contributed by atoms with Crippen molar-refractivity contribution in [1.82, 2.24) is 9.97 Å². The van der Waals surface area contributed by atoms with Crippen LogP contribution >= 0.6 is 0 Å². The van der Waals surface area contributed by atoms with E-state index in [9.17, 15) is 10.1 Å². The van der Waals surface area contributed by atoms with Crippen molar-refractivity contribution in [3.05, 3.63) is 21.6 Å². The van der Waals surface area contributed by atoms with Gasteiger partial charge in [-0.05, 0) is 10.8 Å². The topological polar surface area (TPSA) is 95.6 Å². The Morgan fingerprint density at radius 2 is 2.43 bits per heavy atom. The van der Waals surface area contributed by atoms with E-state index in [1.807, 2.05) is 6.07 Å². The first-order chi connectivity index (χ1) is 6.65. The highest BCUT2D eigenvalue weighted by atomic mass is 16.6. The molecule has 6 heteroatoms. The Hall–Kier alpha value is -2.34. The van der Waals surface area contributed by atoms with E-state index >= 15 is 0 Å². The third kappa shape index (κ3) is 2.08. The quantitative estimate of drug-likeness (QED) is 0.404. The fourth-order valence-corrected chi connectivity index (χ4v) is 0.866. The maximum absolute atomic E-state index is 10.5. The van der Waals surface area contributed by atoms with E-state index < -0.39 is 4.92 Å². The Morgan fingerprint density at radius 1 is 1.71 bits per heavy atom. The van der Waals surface area contributed by atoms with Gasteiger partial charge in [-0.2, -0.15) is 10.2 Å². The van der Waals surface area contributed by atoms with Crippen LogP contribution in [0.25, 0.3) is 0 Å². The van der Waals surface area contributed by atoms with Gasteiger partial charge in [0, 0.05) is 6.92 Å². The predicted molar refractivity (Wildman–Crippen MR) is 47.1 cm³/mol. The van der Waals surface area contributed by atoms with Gasteiger partial charge in [-0.1, -0.05) is 5.92 Å². The van der Waals surface area contributed by atoms with Gasteiger partial charge < -0.3 is 10.1 Å². The summed E-state index contributed by atoms with van der Waals surface area (Å²) in [5.74, 6) is 5.12. The number of nitrogens with zero attached hydrogens (tertiary/aromatic N) is 3. The fourth-order valence-electron chi connectivity index (χ4n) is 0.866. The van der Waals surface area contributed by atoms with E-state index in [4.69, 9.17) is 5.26 Å². The van der Waals surface area contributed by atoms with Gasteiger partial charge in [0.2, 0.25) is 5.69 Å². The van der Waals surface area contributed by atoms with Crippen molar-refractivity contribution in [2.24, 2.45) is 0 Å². The number of nitro groups is 1. The van der Waals surface area contributed by atoms with E-state index in [1.54, 1.807) is 6.92 Å². The van der Waals surface area contributed by atoms with Crippen molar-refractivity contribution in [2.45, 2.75) is 13.3 Å². The summed E-state index contributed by atoms with van der Waals surface area (Å²) in [6, 6.07) is 1.81. The molecule has 0 atom stereocenters. The molecule has 6 nitrogen and oxygen atoms in total. The number of aromatic amines is 1. The summed E-state index contributed by atoms with van der Waals surface area (Å²) >= 11 is 0. The molecule has 0 aromatic carbocycles. The number of H-pyrrole nitrogens is 1. The van der Waals surface area contributed by atoms with Crippen LogP contribution in [0.15, 0.2) is 0 Å². The molecule has 0 saturated heterocycles. The molecule has 0 fully saturated rings. The molecular weight excluding hydrogens is 184 g/mol. The zero-order valence-electron chi connectivity index (χ0n) is 7.37. The first kappa shape index (κ1) is 9.75. The second-order valence-electron chi connectivity index (χ2n) is 2.41. The summed E-state index contributed by atoms with van der Waals surface area (Å²) in [7, 11) is 0. The standard InChI is InChI=1S/C8H6N4O2/c1-6-10-7(4-2-3-5-9)8(11-6)12(13)14/h3H2,1H3,(H,10,11). The lowest BCUT2D eigenvalue weighted by Crippen LogP contribution is -1.90. The second kappa shape index (κ2) is 4.06. The summed E-state index contributed by atoms with van der Waals surface area (Å²) in [5, 5.41) is 18.7. The highest BCUT2D eigenvalue weighted by molar-refractivity contribution is 5.42. The second-order valence-corrected chi connectivity index (χ2v) is 2.41. The zero-order chi connectivity index (χ0) is 10.6. The van der Waals surface area contributed by atoms with Crippen molar-refractivity contribution >= 4 is 5.82 Å². The van der Waals surface area contributed by atoms with Gasteiger partial charge in [0.25, 0.3) is 0 Å². The summed E-state index contributed by atoms with van der Waals surface area (Å²) in [4.78, 5) is 16.2. The molecule has 14 heavy (non-hydrogen) atoms. The van der Waals surface area contributed by atoms with Crippen molar-refractivity contribution in [1.29, 1.82) is 5.26 Å². The van der Waals surface area contributed by atoms with Crippen LogP contribution in [0.5, 0.6) is 0 Å². The summed E-state index contributed by atoms with van der Waals surface area (Å²) in [6.07, 6.45) is 0.0308. The molecule has 0 aliphatic heterocycles. The van der Waals surface area contributed by atoms with Gasteiger partial charge >= 0.3 is 5.82 Å². The number of hydrogen-bond acceptors (Lipinski definition) is 4. The first-order valence-electron chi connectivity index (χ1n) is 3.72. The minimum atomic E-state index is -0.587. The lowest BCUT2D eigenvalue weighted by Gasteiger charge is -1.87. The Bertz CT molecular complexity index is 458. The minimum absolute atomic E-state index is 0.0308. The fraction of sp³-hybridized carbons (Fsp3) is 0.250. The molecular formula is C8H6N4O2. The average molecular weight is 190 g/mol. The Balaban J connectivity index is 3.04. The zero-order valence-corrected chi connectivity index (χ0v) is 7.37. The first-order valence-corrected chi connectivity index (χ1v) is 3.72. The van der Waals surface area contributed by atoms with Gasteiger partial charge in [0.15, 0.2) is 5.82 Å². The van der Waals surface area contributed by atoms with E-state index in [0.717, 1.165) is 0 Å². The van der Waals surface area contributed by atoms with E-state index in [-0.39, 0.29) is 17.9 Å². The van der Waals surface area contributed by atoms with Gasteiger partial charge in [-0.15, -0.1) is 0 Å². The van der Waals surface area contributed by atoms with E-state index in [2.05, 4.69) is 21.8 Å². The van der Waals surface area contributed by atoms with Crippen LogP contribution < -0.4 is 0 Å². The van der Waals surface area contributed by atoms with Gasteiger partial charge in [0.05, 0.1) is 12.5 Å². The van der Waals surface area contributed by atoms with Crippen LogP contribution in [0.4, 0.5) is 5.82 Å². The van der Waals surface area contributed by atoms with Crippen LogP contribution in [0.2, 0.25) is 0 Å². The number of hydrogen-bond donors (Lipinski definition) is 1. The Morgan fingerprint density at radius 3 is 3.00 bits per heavy atom. The molecule has 70 valence electrons. The summed E-state index contributed by atoms with van der Waals surface area (Å²) < 4.78 is 0. The number of nitrogens with one attached hydrogen (secondary N) is 1. The van der Waals surface area contributed by atoms with E-state index in [1.165, 1.54) is 0 Å². The highest BCUT2D eigenvalue weighted by Crippen LogP contribution is 2.12. The third-order valence-electron chi connectivity index (χ3n) is 1.36. The van der Waals surface area contributed by atoms with Crippen molar-refractivity contribution in [2.75, 3.05) is 0 Å². The number of imidazole rings is 1. The maximum atomic E-state index is 10.5. The van der Waals surface area contributed by atoms with Crippen LogP contribution in [-0.4, -0.2) is 14.9 Å². The molecule has 0 unspecified atom stereocenters. The smallest absolute Gasteiger partial charge is 0.356 e. The lowest BCUT2D eigenvalue weighted by atomic mass is 10.4. The molecule has 1 N–H and O–H groups in total. The predicted octanol–water partition coefficient (Wildman–Crippen LogP) is 0.891. The molecule has 0 bridgehead atoms. The monoisotopic (exact) mass is 190 g/mol. The molecule has 0 saturated carbocycles. The number of aryl methyl sites for hydroxylation is 1. The molecule has 0 amide bonds. The Kier molecular flexibility index (Phi) is 2.82. The number of rotatable bonds is 1. The maximum Gasteiger partial charge on any atom is 0.356 e. The molecule has 1 heterocycles. The Labute approximate surface area is 79.7 Å². The van der Waals surface area contributed by atoms with Crippen LogP contribution in [0, 0.1) is 40.2 Å². The SMILES string of the molecule is Cc1nc(C#CCC#N)c([N+](=O)[O-])[nH]1. The molecule has 0 aliphatic carbocycles. The molecule has 1 rings (SSSR count). The van der Waals surface area contributed by atoms with Crippen molar-refractivity contribution < 1.29 is 4.92 Å². The number of nitriles is 1. The van der Waals surface area contributed by atoms with Gasteiger partial charge in [-0.3, -0.25) is 0 Å². The average Bonchev–Trinajstić information content (AvgIpc) is 2.47. The molecule has 0 spiro atoms. The molecule has 0 aliphatic rings. The van der Waals surface area contributed by atoms with Crippen LogP contribution in [0.3, 0.4) is 0 Å². The molecule has 1 aromatic heterocycles. The van der Waals surface area contributed by atoms with Crippen LogP contribution in [-0.2, 0) is 0 Å². The molecule has 1 aromatic rings. The van der Waals surface area contributed by atoms with Crippen molar-refractivity contribution in [3.63, 3.8) is 0 Å². The van der Waals surface area contributed by atoms with Gasteiger partial charge in [-0.25, -0.2) is 4.98 Å². The van der Waals surface area contributed by atoms with E-state index in [0.29, 0.717) is 5.82 Å². The summed E-state index contributed by atoms with van der Waals surface area (Å²) in [5.41, 5.74) is 0.0720. The summed E-state index contributed by atoms with van der Waals surface area (Å²) in [6.45, 7) is 1.60. The molecule has 0 radical (unpaired) electrons. The van der Waals surface area contributed by atoms with Crippen molar-refractivity contribution in [3.8, 4) is 17.9 Å². The minimum Gasteiger partial charge on any atom is -0.358 e. The largest absolute Gasteiger partial charge is 0.358 e. The highest BCUT2D eigenvalue weighted by Gasteiger charge is 2.15. The van der Waals surface area contributed by atoms with Crippen LogP contribution in [0.1, 0.15) is 17.9 Å². The number of aromatic nitrogens is 2. The third-order valence-corrected chi connectivity index (χ3v) is 1.36.